The lowest BCUT2D eigenvalue weighted by molar-refractivity contribution is -0.137. The molecule has 17 heavy (non-hydrogen) atoms. The zero-order chi connectivity index (χ0) is 12.5. The number of aromatic nitrogens is 2. The lowest BCUT2D eigenvalue weighted by Gasteiger charge is -2.17. The maximum Gasteiger partial charge on any atom is 0.419 e. The van der Waals surface area contributed by atoms with Gasteiger partial charge < -0.3 is 5.11 Å². The second-order valence-corrected chi connectivity index (χ2v) is 4.56. The predicted molar refractivity (Wildman–Crippen MR) is 55.2 cm³/mol. The minimum absolute atomic E-state index is 0.140. The van der Waals surface area contributed by atoms with E-state index in [1.54, 1.807) is 0 Å². The number of hydrogen-bond acceptors (Lipinski definition) is 2. The van der Waals surface area contributed by atoms with Gasteiger partial charge in [0.15, 0.2) is 0 Å². The molecule has 1 N–H and O–H groups in total. The van der Waals surface area contributed by atoms with Gasteiger partial charge in [0.05, 0.1) is 24.4 Å². The van der Waals surface area contributed by atoms with Gasteiger partial charge >= 0.3 is 6.18 Å². The molecule has 1 atom stereocenters. The summed E-state index contributed by atoms with van der Waals surface area (Å²) in [6, 6.07) is 0. The molecule has 2 rings (SSSR count). The maximum absolute atomic E-state index is 12.3. The van der Waals surface area contributed by atoms with E-state index in [9.17, 15) is 18.3 Å². The minimum atomic E-state index is -4.36. The number of nitrogens with zero attached hydrogens (tertiary/aromatic N) is 2. The largest absolute Gasteiger partial charge is 0.419 e. The van der Waals surface area contributed by atoms with Crippen molar-refractivity contribution in [2.24, 2.45) is 5.92 Å². The quantitative estimate of drug-likeness (QED) is 0.892. The third-order valence-corrected chi connectivity index (χ3v) is 3.28. The van der Waals surface area contributed by atoms with Gasteiger partial charge in [0.2, 0.25) is 0 Å². The monoisotopic (exact) mass is 248 g/mol. The summed E-state index contributed by atoms with van der Waals surface area (Å²) in [7, 11) is 0. The molecule has 1 aliphatic rings. The first kappa shape index (κ1) is 12.4. The average Bonchev–Trinajstić information content (AvgIpc) is 2.85. The molecule has 0 aliphatic heterocycles. The highest BCUT2D eigenvalue weighted by atomic mass is 19.4. The van der Waals surface area contributed by atoms with Crippen LogP contribution in [0.2, 0.25) is 0 Å². The number of halogens is 3. The van der Waals surface area contributed by atoms with E-state index in [2.05, 4.69) is 5.10 Å². The minimum Gasteiger partial charge on any atom is -0.391 e. The Morgan fingerprint density at radius 3 is 2.59 bits per heavy atom. The number of aliphatic hydroxyl groups is 1. The van der Waals surface area contributed by atoms with Crippen molar-refractivity contribution in [2.75, 3.05) is 0 Å². The fourth-order valence-corrected chi connectivity index (χ4v) is 2.29. The van der Waals surface area contributed by atoms with Crippen LogP contribution in [0.4, 0.5) is 13.2 Å². The molecule has 6 heteroatoms. The number of alkyl halides is 3. The summed E-state index contributed by atoms with van der Waals surface area (Å²) in [5.74, 6) is 0.202. The normalized spacial score (nSPS) is 19.8. The third-order valence-electron chi connectivity index (χ3n) is 3.28. The van der Waals surface area contributed by atoms with Crippen molar-refractivity contribution in [3.63, 3.8) is 0 Å². The molecular formula is C11H15F3N2O. The van der Waals surface area contributed by atoms with Crippen LogP contribution in [0.1, 0.15) is 31.2 Å². The first-order valence-electron chi connectivity index (χ1n) is 5.74. The van der Waals surface area contributed by atoms with Crippen molar-refractivity contribution in [2.45, 2.75) is 44.5 Å². The van der Waals surface area contributed by atoms with Crippen LogP contribution in [-0.2, 0) is 12.7 Å². The Morgan fingerprint density at radius 1 is 1.41 bits per heavy atom. The van der Waals surface area contributed by atoms with Crippen molar-refractivity contribution in [3.05, 3.63) is 18.0 Å². The van der Waals surface area contributed by atoms with E-state index >= 15 is 0 Å². The lowest BCUT2D eigenvalue weighted by atomic mass is 10.0. The molecule has 0 spiro atoms. The van der Waals surface area contributed by atoms with Crippen LogP contribution >= 0.6 is 0 Å². The highest BCUT2D eigenvalue weighted by Gasteiger charge is 2.32. The van der Waals surface area contributed by atoms with E-state index in [0.29, 0.717) is 0 Å². The first-order chi connectivity index (χ1) is 7.97. The van der Waals surface area contributed by atoms with Crippen LogP contribution in [0, 0.1) is 5.92 Å². The molecular weight excluding hydrogens is 233 g/mol. The Balaban J connectivity index is 1.96. The Kier molecular flexibility index (Phi) is 3.42. The molecule has 1 aromatic heterocycles. The van der Waals surface area contributed by atoms with Gasteiger partial charge in [-0.2, -0.15) is 18.3 Å². The molecule has 1 heterocycles. The van der Waals surface area contributed by atoms with E-state index in [-0.39, 0.29) is 12.5 Å². The van der Waals surface area contributed by atoms with Crippen molar-refractivity contribution in [3.8, 4) is 0 Å². The summed E-state index contributed by atoms with van der Waals surface area (Å²) in [6.07, 6.45) is 0.862. The van der Waals surface area contributed by atoms with Crippen molar-refractivity contribution in [1.82, 2.24) is 9.78 Å². The zero-order valence-corrected chi connectivity index (χ0v) is 9.32. The van der Waals surface area contributed by atoms with E-state index in [1.165, 1.54) is 4.68 Å². The second-order valence-electron chi connectivity index (χ2n) is 4.56. The van der Waals surface area contributed by atoms with Gasteiger partial charge in [-0.15, -0.1) is 0 Å². The van der Waals surface area contributed by atoms with Gasteiger partial charge in [-0.3, -0.25) is 4.68 Å². The lowest BCUT2D eigenvalue weighted by Crippen LogP contribution is -2.24. The summed E-state index contributed by atoms with van der Waals surface area (Å²) in [6.45, 7) is 0.140. The highest BCUT2D eigenvalue weighted by Crippen LogP contribution is 2.30. The molecule has 0 aromatic carbocycles. The van der Waals surface area contributed by atoms with Gasteiger partial charge in [-0.05, 0) is 18.8 Å². The zero-order valence-electron chi connectivity index (χ0n) is 9.32. The van der Waals surface area contributed by atoms with Crippen LogP contribution in [0.15, 0.2) is 12.4 Å². The Labute approximate surface area is 97.2 Å². The molecule has 96 valence electrons. The summed E-state index contributed by atoms with van der Waals surface area (Å²) in [4.78, 5) is 0. The molecule has 0 bridgehead atoms. The number of rotatable bonds is 3. The molecule has 0 radical (unpaired) electrons. The van der Waals surface area contributed by atoms with Crippen LogP contribution < -0.4 is 0 Å². The number of hydrogen-bond donors (Lipinski definition) is 1. The van der Waals surface area contributed by atoms with Crippen LogP contribution in [0.25, 0.3) is 0 Å². The highest BCUT2D eigenvalue weighted by molar-refractivity contribution is 5.08. The van der Waals surface area contributed by atoms with E-state index in [4.69, 9.17) is 0 Å². The van der Waals surface area contributed by atoms with Gasteiger partial charge in [-0.1, -0.05) is 12.8 Å². The van der Waals surface area contributed by atoms with Gasteiger partial charge in [0.1, 0.15) is 0 Å². The summed E-state index contributed by atoms with van der Waals surface area (Å²) in [5.41, 5.74) is -0.767. The molecule has 1 unspecified atom stereocenters. The predicted octanol–water partition coefficient (Wildman–Crippen LogP) is 2.45. The average molecular weight is 248 g/mol. The first-order valence-corrected chi connectivity index (χ1v) is 5.74. The molecule has 3 nitrogen and oxygen atoms in total. The fraction of sp³-hybridized carbons (Fsp3) is 0.727. The van der Waals surface area contributed by atoms with Crippen molar-refractivity contribution < 1.29 is 18.3 Å². The Hall–Kier alpha value is -1.04. The SMILES string of the molecule is OC(Cn1cc(C(F)(F)F)cn1)C1CCCC1. The van der Waals surface area contributed by atoms with Crippen molar-refractivity contribution >= 4 is 0 Å². The van der Waals surface area contributed by atoms with E-state index in [0.717, 1.165) is 38.1 Å². The van der Waals surface area contributed by atoms with E-state index in [1.807, 2.05) is 0 Å². The summed E-state index contributed by atoms with van der Waals surface area (Å²) >= 11 is 0. The topological polar surface area (TPSA) is 38.0 Å². The van der Waals surface area contributed by atoms with Gasteiger partial charge in [-0.25, -0.2) is 0 Å². The smallest absolute Gasteiger partial charge is 0.391 e. The van der Waals surface area contributed by atoms with Gasteiger partial charge in [0, 0.05) is 6.20 Å². The third kappa shape index (κ3) is 3.00. The fourth-order valence-electron chi connectivity index (χ4n) is 2.29. The van der Waals surface area contributed by atoms with Crippen LogP contribution in [-0.4, -0.2) is 21.0 Å². The molecule has 1 aliphatic carbocycles. The number of aliphatic hydroxyl groups excluding tert-OH is 1. The van der Waals surface area contributed by atoms with Crippen LogP contribution in [0.3, 0.4) is 0 Å². The standard InChI is InChI=1S/C11H15F3N2O/c12-11(13,14)9-5-15-16(6-9)7-10(17)8-3-1-2-4-8/h5-6,8,10,17H,1-4,7H2. The Bertz CT molecular complexity index is 369. The molecule has 1 fully saturated rings. The second kappa shape index (κ2) is 4.68. The van der Waals surface area contributed by atoms with E-state index < -0.39 is 17.8 Å². The molecule has 0 saturated heterocycles. The van der Waals surface area contributed by atoms with Crippen LogP contribution in [0.5, 0.6) is 0 Å². The molecule has 1 aromatic rings. The maximum atomic E-state index is 12.3. The Morgan fingerprint density at radius 2 is 2.06 bits per heavy atom. The van der Waals surface area contributed by atoms with Gasteiger partial charge in [0.25, 0.3) is 0 Å². The summed E-state index contributed by atoms with van der Waals surface area (Å²) < 4.78 is 38.1. The molecule has 1 saturated carbocycles. The summed E-state index contributed by atoms with van der Waals surface area (Å²) in [5, 5.41) is 13.5. The van der Waals surface area contributed by atoms with Crippen molar-refractivity contribution in [1.29, 1.82) is 0 Å². The molecule has 0 amide bonds.